The van der Waals surface area contributed by atoms with E-state index in [0.717, 1.165) is 77.5 Å². The van der Waals surface area contributed by atoms with E-state index in [1.165, 1.54) is 38.4 Å². The van der Waals surface area contributed by atoms with Crippen LogP contribution >= 0.6 is 0 Å². The summed E-state index contributed by atoms with van der Waals surface area (Å²) in [5.74, 6) is 0. The minimum atomic E-state index is 0.844. The second kappa shape index (κ2) is 13.4. The molecule has 0 aliphatic carbocycles. The number of hydrogen-bond acceptors (Lipinski definition) is 3. The molecule has 276 valence electrons. The fraction of sp³-hybridized carbons (Fsp3) is 0. The molecule has 0 N–H and O–H groups in total. The van der Waals surface area contributed by atoms with Gasteiger partial charge in [-0.3, -0.25) is 0 Å². The maximum atomic E-state index is 6.89. The van der Waals surface area contributed by atoms with E-state index in [2.05, 4.69) is 205 Å². The molecule has 3 heteroatoms. The molecule has 12 aromatic rings. The molecule has 0 atom stereocenters. The van der Waals surface area contributed by atoms with E-state index in [1.807, 2.05) is 12.1 Å². The van der Waals surface area contributed by atoms with Crippen LogP contribution in [0.25, 0.3) is 98.8 Å². The van der Waals surface area contributed by atoms with E-state index in [0.29, 0.717) is 0 Å². The van der Waals surface area contributed by atoms with Crippen molar-refractivity contribution in [2.24, 2.45) is 0 Å². The van der Waals surface area contributed by atoms with Crippen LogP contribution in [0.3, 0.4) is 0 Å². The number of para-hydroxylation sites is 2. The van der Waals surface area contributed by atoms with Crippen LogP contribution in [0.4, 0.5) is 17.1 Å². The second-order valence-corrected chi connectivity index (χ2v) is 15.2. The van der Waals surface area contributed by atoms with Gasteiger partial charge in [0.1, 0.15) is 22.3 Å². The van der Waals surface area contributed by atoms with Crippen molar-refractivity contribution in [3.63, 3.8) is 0 Å². The van der Waals surface area contributed by atoms with E-state index < -0.39 is 0 Å². The highest BCUT2D eigenvalue weighted by Gasteiger charge is 2.23. The van der Waals surface area contributed by atoms with Gasteiger partial charge in [0.2, 0.25) is 0 Å². The first kappa shape index (κ1) is 33.3. The second-order valence-electron chi connectivity index (χ2n) is 15.2. The van der Waals surface area contributed by atoms with Gasteiger partial charge in [0.25, 0.3) is 0 Å². The topological polar surface area (TPSA) is 29.5 Å². The molecule has 12 rings (SSSR count). The Hall–Kier alpha value is -7.88. The fourth-order valence-corrected chi connectivity index (χ4v) is 9.12. The summed E-state index contributed by atoms with van der Waals surface area (Å²) in [6.45, 7) is 0. The van der Waals surface area contributed by atoms with Gasteiger partial charge >= 0.3 is 0 Å². The van der Waals surface area contributed by atoms with E-state index in [-0.39, 0.29) is 0 Å². The Kier molecular flexibility index (Phi) is 7.54. The summed E-state index contributed by atoms with van der Waals surface area (Å²) >= 11 is 0. The van der Waals surface area contributed by atoms with E-state index >= 15 is 0 Å². The third-order valence-electron chi connectivity index (χ3n) is 11.9. The third-order valence-corrected chi connectivity index (χ3v) is 11.9. The minimum Gasteiger partial charge on any atom is -0.455 e. The van der Waals surface area contributed by atoms with Gasteiger partial charge in [-0.1, -0.05) is 164 Å². The van der Waals surface area contributed by atoms with Gasteiger partial charge < -0.3 is 13.7 Å². The zero-order valence-corrected chi connectivity index (χ0v) is 32.0. The van der Waals surface area contributed by atoms with Crippen molar-refractivity contribution in [3.8, 4) is 33.4 Å². The maximum Gasteiger partial charge on any atom is 0.143 e. The van der Waals surface area contributed by atoms with E-state index in [4.69, 9.17) is 8.83 Å². The number of benzene rings is 10. The highest BCUT2D eigenvalue weighted by atomic mass is 16.3. The quantitative estimate of drug-likeness (QED) is 0.169. The van der Waals surface area contributed by atoms with Crippen molar-refractivity contribution in [2.75, 3.05) is 4.90 Å². The molecule has 0 saturated carbocycles. The summed E-state index contributed by atoms with van der Waals surface area (Å²) in [5.41, 5.74) is 13.6. The molecule has 10 aromatic carbocycles. The molecular formula is C56H35NO2. The molecule has 0 saturated heterocycles. The normalized spacial score (nSPS) is 11.7. The van der Waals surface area contributed by atoms with Crippen LogP contribution in [0.2, 0.25) is 0 Å². The molecule has 0 unspecified atom stereocenters. The lowest BCUT2D eigenvalue weighted by Gasteiger charge is -2.26. The van der Waals surface area contributed by atoms with Gasteiger partial charge in [0.05, 0.1) is 11.1 Å². The predicted molar refractivity (Wildman–Crippen MR) is 247 cm³/mol. The highest BCUT2D eigenvalue weighted by molar-refractivity contribution is 6.23. The van der Waals surface area contributed by atoms with Crippen LogP contribution in [0, 0.1) is 0 Å². The van der Waals surface area contributed by atoms with Crippen molar-refractivity contribution >= 4 is 82.5 Å². The van der Waals surface area contributed by atoms with Crippen molar-refractivity contribution in [1.82, 2.24) is 0 Å². The first-order chi connectivity index (χ1) is 29.3. The molecule has 0 aliphatic rings. The third kappa shape index (κ3) is 5.36. The average molecular weight is 754 g/mol. The fourth-order valence-electron chi connectivity index (χ4n) is 9.12. The summed E-state index contributed by atoms with van der Waals surface area (Å²) in [4.78, 5) is 2.37. The summed E-state index contributed by atoms with van der Waals surface area (Å²) in [6.07, 6.45) is 0. The number of hydrogen-bond donors (Lipinski definition) is 0. The van der Waals surface area contributed by atoms with Crippen molar-refractivity contribution < 1.29 is 8.83 Å². The zero-order valence-electron chi connectivity index (χ0n) is 32.0. The molecular weight excluding hydrogens is 719 g/mol. The van der Waals surface area contributed by atoms with Crippen molar-refractivity contribution in [3.05, 3.63) is 212 Å². The van der Waals surface area contributed by atoms with Gasteiger partial charge in [0.15, 0.2) is 0 Å². The Morgan fingerprint density at radius 1 is 0.305 bits per heavy atom. The highest BCUT2D eigenvalue weighted by Crippen LogP contribution is 2.47. The Morgan fingerprint density at radius 2 is 0.847 bits per heavy atom. The molecule has 0 fully saturated rings. The van der Waals surface area contributed by atoms with Crippen molar-refractivity contribution in [1.29, 1.82) is 0 Å². The molecule has 3 nitrogen and oxygen atoms in total. The molecule has 2 heterocycles. The smallest absolute Gasteiger partial charge is 0.143 e. The van der Waals surface area contributed by atoms with Crippen molar-refractivity contribution in [2.45, 2.75) is 0 Å². The van der Waals surface area contributed by atoms with Crippen LogP contribution in [0.15, 0.2) is 221 Å². The van der Waals surface area contributed by atoms with Crippen LogP contribution in [-0.2, 0) is 0 Å². The first-order valence-electron chi connectivity index (χ1n) is 20.1. The number of nitrogens with zero attached hydrogens (tertiary/aromatic N) is 1. The first-order valence-corrected chi connectivity index (χ1v) is 20.1. The molecule has 0 radical (unpaired) electrons. The molecule has 2 aromatic heterocycles. The molecule has 0 bridgehead atoms. The summed E-state index contributed by atoms with van der Waals surface area (Å²) in [7, 11) is 0. The summed E-state index contributed by atoms with van der Waals surface area (Å²) in [5, 5.41) is 9.11. The molecule has 0 aliphatic heterocycles. The standard InChI is InChI=1S/C56H35NO2/c1-2-13-36(14-3-1)37-27-31-40(32-28-37)57(41-33-29-39(30-34-41)43-21-11-23-48-46-19-8-9-25-52(46)58-55(43)48)51-24-12-26-53-54(51)50-35-49(45-18-6-7-20-47(45)56(50)59-53)44-22-10-16-38-15-4-5-17-42(38)44/h1-35H. The van der Waals surface area contributed by atoms with Crippen LogP contribution in [0.1, 0.15) is 0 Å². The SMILES string of the molecule is c1ccc(-c2ccc(N(c3ccc(-c4cccc5c4oc4ccccc45)cc3)c3cccc4oc5c6ccccc6c(-c6cccc7ccccc67)cc5c34)cc2)cc1. The monoisotopic (exact) mass is 753 g/mol. The van der Waals surface area contributed by atoms with E-state index in [1.54, 1.807) is 0 Å². The lowest BCUT2D eigenvalue weighted by Crippen LogP contribution is -2.10. The summed E-state index contributed by atoms with van der Waals surface area (Å²) < 4.78 is 13.3. The Morgan fingerprint density at radius 3 is 1.66 bits per heavy atom. The maximum absolute atomic E-state index is 6.89. The van der Waals surface area contributed by atoms with Gasteiger partial charge in [-0.05, 0) is 92.5 Å². The molecule has 0 spiro atoms. The Balaban J connectivity index is 1.08. The van der Waals surface area contributed by atoms with Crippen LogP contribution in [-0.4, -0.2) is 0 Å². The summed E-state index contributed by atoms with van der Waals surface area (Å²) in [6, 6.07) is 75.6. The van der Waals surface area contributed by atoms with Gasteiger partial charge in [-0.15, -0.1) is 0 Å². The average Bonchev–Trinajstić information content (AvgIpc) is 3.89. The Labute approximate surface area is 340 Å². The largest absolute Gasteiger partial charge is 0.455 e. The lowest BCUT2D eigenvalue weighted by atomic mass is 9.92. The molecule has 59 heavy (non-hydrogen) atoms. The Bertz CT molecular complexity index is 3540. The number of fused-ring (bicyclic) bond motifs is 9. The number of furan rings is 2. The van der Waals surface area contributed by atoms with Crippen LogP contribution < -0.4 is 4.90 Å². The number of anilines is 3. The van der Waals surface area contributed by atoms with Gasteiger partial charge in [0, 0.05) is 38.5 Å². The zero-order chi connectivity index (χ0) is 38.9. The molecule has 0 amide bonds. The number of rotatable bonds is 6. The lowest BCUT2D eigenvalue weighted by molar-refractivity contribution is 0.670. The predicted octanol–water partition coefficient (Wildman–Crippen LogP) is 16.3. The van der Waals surface area contributed by atoms with E-state index in [9.17, 15) is 0 Å². The van der Waals surface area contributed by atoms with Crippen LogP contribution in [0.5, 0.6) is 0 Å². The minimum absolute atomic E-state index is 0.844. The van der Waals surface area contributed by atoms with Gasteiger partial charge in [-0.25, -0.2) is 0 Å². The van der Waals surface area contributed by atoms with Gasteiger partial charge in [-0.2, -0.15) is 0 Å².